The average molecular weight is 406 g/mol. The minimum absolute atomic E-state index is 0.0356. The van der Waals surface area contributed by atoms with Gasteiger partial charge in [0.25, 0.3) is 0 Å². The normalized spacial score (nSPS) is 18.7. The van der Waals surface area contributed by atoms with Crippen molar-refractivity contribution in [3.05, 3.63) is 66.0 Å². The first-order valence-corrected chi connectivity index (χ1v) is 9.17. The number of hydrogen-bond acceptors (Lipinski definition) is 4. The predicted molar refractivity (Wildman–Crippen MR) is 99.0 cm³/mol. The zero-order valence-electron chi connectivity index (χ0n) is 15.2. The highest BCUT2D eigenvalue weighted by Crippen LogP contribution is 2.30. The maximum Gasteiger partial charge on any atom is 0.387 e. The molecule has 0 unspecified atom stereocenters. The highest BCUT2D eigenvalue weighted by Gasteiger charge is 2.32. The number of nitrogens with zero attached hydrogens (tertiary/aromatic N) is 1. The molecule has 1 fully saturated rings. The first-order chi connectivity index (χ1) is 14.0. The number of benzene rings is 2. The average Bonchev–Trinajstić information content (AvgIpc) is 2.68. The second-order valence-electron chi connectivity index (χ2n) is 6.81. The summed E-state index contributed by atoms with van der Waals surface area (Å²) in [6, 6.07) is 8.35. The molecule has 4 rings (SSSR count). The zero-order valence-corrected chi connectivity index (χ0v) is 15.2. The van der Waals surface area contributed by atoms with Gasteiger partial charge in [-0.1, -0.05) is 0 Å². The Morgan fingerprint density at radius 3 is 2.66 bits per heavy atom. The molecule has 152 valence electrons. The molecule has 1 aliphatic rings. The fourth-order valence-corrected chi connectivity index (χ4v) is 3.38. The topological polar surface area (TPSA) is 43.4 Å². The molecule has 3 aromatic rings. The van der Waals surface area contributed by atoms with Gasteiger partial charge in [0, 0.05) is 42.0 Å². The van der Waals surface area contributed by atoms with Gasteiger partial charge in [-0.25, -0.2) is 8.78 Å². The summed E-state index contributed by atoms with van der Waals surface area (Å²) in [6.45, 7) is -2.78. The van der Waals surface area contributed by atoms with Gasteiger partial charge < -0.3 is 14.8 Å². The molecule has 4 nitrogen and oxygen atoms in total. The number of pyridine rings is 1. The summed E-state index contributed by atoms with van der Waals surface area (Å²) in [6.07, 6.45) is 4.65. The number of hydrogen-bond donors (Lipinski definition) is 1. The van der Waals surface area contributed by atoms with Crippen LogP contribution in [0.15, 0.2) is 48.8 Å². The van der Waals surface area contributed by atoms with E-state index in [0.29, 0.717) is 12.1 Å². The highest BCUT2D eigenvalue weighted by atomic mass is 19.3. The fraction of sp³-hybridized carbons (Fsp3) is 0.286. The predicted octanol–water partition coefficient (Wildman–Crippen LogP) is 4.81. The van der Waals surface area contributed by atoms with E-state index in [-0.39, 0.29) is 23.7 Å². The van der Waals surface area contributed by atoms with Crippen LogP contribution in [0.2, 0.25) is 0 Å². The Hall–Kier alpha value is -2.87. The molecule has 1 aromatic heterocycles. The summed E-state index contributed by atoms with van der Waals surface area (Å²) in [7, 11) is 0. The van der Waals surface area contributed by atoms with E-state index in [2.05, 4.69) is 15.0 Å². The van der Waals surface area contributed by atoms with Crippen LogP contribution in [0.1, 0.15) is 18.4 Å². The smallest absolute Gasteiger partial charge is 0.387 e. The van der Waals surface area contributed by atoms with Crippen LogP contribution < -0.4 is 14.8 Å². The van der Waals surface area contributed by atoms with Crippen molar-refractivity contribution in [3.8, 4) is 11.5 Å². The number of fused-ring (bicyclic) bond motifs is 1. The van der Waals surface area contributed by atoms with Gasteiger partial charge in [-0.05, 0) is 48.6 Å². The van der Waals surface area contributed by atoms with Crippen LogP contribution in [0.25, 0.3) is 10.8 Å². The largest absolute Gasteiger partial charge is 0.489 e. The van der Waals surface area contributed by atoms with Crippen LogP contribution in [-0.2, 0) is 6.54 Å². The van der Waals surface area contributed by atoms with Gasteiger partial charge in [-0.15, -0.1) is 0 Å². The molecule has 2 aromatic carbocycles. The van der Waals surface area contributed by atoms with Crippen LogP contribution >= 0.6 is 0 Å². The third kappa shape index (κ3) is 4.27. The maximum absolute atomic E-state index is 14.3. The number of nitrogens with one attached hydrogen (secondary N) is 1. The van der Waals surface area contributed by atoms with E-state index in [9.17, 15) is 17.6 Å². The van der Waals surface area contributed by atoms with E-state index >= 15 is 0 Å². The maximum atomic E-state index is 14.3. The van der Waals surface area contributed by atoms with E-state index in [4.69, 9.17) is 4.74 Å². The molecular formula is C21H18F4N2O2. The molecule has 1 heterocycles. The molecule has 29 heavy (non-hydrogen) atoms. The number of rotatable bonds is 7. The minimum Gasteiger partial charge on any atom is -0.489 e. The summed E-state index contributed by atoms with van der Waals surface area (Å²) in [5, 5.41) is 4.94. The monoisotopic (exact) mass is 406 g/mol. The van der Waals surface area contributed by atoms with E-state index in [1.807, 2.05) is 0 Å². The van der Waals surface area contributed by atoms with Crippen LogP contribution in [-0.4, -0.2) is 23.7 Å². The van der Waals surface area contributed by atoms with Gasteiger partial charge in [0.05, 0.1) is 0 Å². The first kappa shape index (κ1) is 19.4. The molecular weight excluding hydrogens is 388 g/mol. The van der Waals surface area contributed by atoms with Gasteiger partial charge in [0.1, 0.15) is 17.7 Å². The van der Waals surface area contributed by atoms with Crippen molar-refractivity contribution in [1.29, 1.82) is 0 Å². The van der Waals surface area contributed by atoms with Crippen LogP contribution in [0.5, 0.6) is 11.5 Å². The zero-order chi connectivity index (χ0) is 20.4. The number of alkyl halides is 2. The molecule has 8 heteroatoms. The van der Waals surface area contributed by atoms with Crippen molar-refractivity contribution in [2.45, 2.75) is 38.1 Å². The summed E-state index contributed by atoms with van der Waals surface area (Å²) < 4.78 is 62.4. The van der Waals surface area contributed by atoms with Crippen LogP contribution in [0.4, 0.5) is 17.6 Å². The van der Waals surface area contributed by atoms with Crippen molar-refractivity contribution >= 4 is 10.8 Å². The van der Waals surface area contributed by atoms with Gasteiger partial charge in [0.2, 0.25) is 0 Å². The van der Waals surface area contributed by atoms with Gasteiger partial charge in [0.15, 0.2) is 11.6 Å². The lowest BCUT2D eigenvalue weighted by Crippen LogP contribution is -2.50. The Balaban J connectivity index is 1.40. The molecule has 0 saturated heterocycles. The Morgan fingerprint density at radius 2 is 1.93 bits per heavy atom. The Labute approximate surface area is 164 Å². The van der Waals surface area contributed by atoms with Crippen LogP contribution in [0, 0.1) is 11.6 Å². The molecule has 1 aliphatic carbocycles. The fourth-order valence-electron chi connectivity index (χ4n) is 3.38. The lowest BCUT2D eigenvalue weighted by atomic mass is 9.88. The van der Waals surface area contributed by atoms with Crippen molar-refractivity contribution in [3.63, 3.8) is 0 Å². The molecule has 1 N–H and O–H groups in total. The van der Waals surface area contributed by atoms with Gasteiger partial charge in [-0.2, -0.15) is 8.78 Å². The van der Waals surface area contributed by atoms with Gasteiger partial charge in [-0.3, -0.25) is 4.98 Å². The van der Waals surface area contributed by atoms with Crippen molar-refractivity contribution in [1.82, 2.24) is 10.3 Å². The number of ether oxygens (including phenoxy) is 2. The van der Waals surface area contributed by atoms with Gasteiger partial charge >= 0.3 is 6.61 Å². The quantitative estimate of drug-likeness (QED) is 0.572. The Kier molecular flexibility index (Phi) is 5.53. The second-order valence-corrected chi connectivity index (χ2v) is 6.81. The van der Waals surface area contributed by atoms with Crippen molar-refractivity contribution in [2.24, 2.45) is 0 Å². The summed E-state index contributed by atoms with van der Waals surface area (Å²) in [5.74, 6) is -1.53. The SMILES string of the molecule is Fc1cc(O[C@@H]2CC[C@H]2NCc2c(F)ccc3cnccc23)ccc1OC(F)F. The summed E-state index contributed by atoms with van der Waals surface area (Å²) in [5.41, 5.74) is 0.551. The summed E-state index contributed by atoms with van der Waals surface area (Å²) in [4.78, 5) is 4.05. The molecule has 1 saturated carbocycles. The Bertz CT molecular complexity index is 1020. The molecule has 0 radical (unpaired) electrons. The van der Waals surface area contributed by atoms with E-state index in [1.165, 1.54) is 12.1 Å². The van der Waals surface area contributed by atoms with E-state index in [0.717, 1.165) is 35.7 Å². The lowest BCUT2D eigenvalue weighted by molar-refractivity contribution is -0.0522. The molecule has 0 amide bonds. The standard InChI is InChI=1S/C21H18F4N2O2/c22-16-3-1-12-10-26-8-7-14(12)15(16)11-27-18-4-6-20(18)28-13-2-5-19(17(23)9-13)29-21(24)25/h1-3,5,7-10,18,20-21,27H,4,6,11H2/t18-,20-/m1/s1. The third-order valence-corrected chi connectivity index (χ3v) is 5.03. The van der Waals surface area contributed by atoms with Crippen LogP contribution in [0.3, 0.4) is 0 Å². The second kappa shape index (κ2) is 8.24. The lowest BCUT2D eigenvalue weighted by Gasteiger charge is -2.37. The third-order valence-electron chi connectivity index (χ3n) is 5.03. The highest BCUT2D eigenvalue weighted by molar-refractivity contribution is 5.84. The summed E-state index contributed by atoms with van der Waals surface area (Å²) >= 11 is 0. The first-order valence-electron chi connectivity index (χ1n) is 9.17. The molecule has 0 bridgehead atoms. The molecule has 0 aliphatic heterocycles. The van der Waals surface area contributed by atoms with E-state index in [1.54, 1.807) is 24.5 Å². The van der Waals surface area contributed by atoms with Crippen molar-refractivity contribution in [2.75, 3.05) is 0 Å². The minimum atomic E-state index is -3.10. The number of halogens is 4. The number of aromatic nitrogens is 1. The Morgan fingerprint density at radius 1 is 1.07 bits per heavy atom. The molecule has 0 spiro atoms. The van der Waals surface area contributed by atoms with Crippen molar-refractivity contribution < 1.29 is 27.0 Å². The molecule has 2 atom stereocenters. The van der Waals surface area contributed by atoms with E-state index < -0.39 is 18.2 Å².